The normalized spacial score (nSPS) is 18.8. The number of anilines is 1. The molecular weight excluding hydrogens is 402 g/mol. The minimum atomic E-state index is 0.0339. The summed E-state index contributed by atoms with van der Waals surface area (Å²) in [5.74, 6) is 0. The van der Waals surface area contributed by atoms with E-state index in [9.17, 15) is 0 Å². The summed E-state index contributed by atoms with van der Waals surface area (Å²) in [6.07, 6.45) is 7.26. The standard InChI is InChI=1S/C25H31N5S/c1-25(2,3)29-17-13-19(18-29)23-22(21-12-7-8-14-27-21)28-24(31)30(23)16-9-15-26-20-10-5-4-6-11-20/h4-8,10-14,17-18,22-23,26H,9,15-16H2,1-3H3,(H,28,31). The van der Waals surface area contributed by atoms with Gasteiger partial charge in [-0.2, -0.15) is 0 Å². The van der Waals surface area contributed by atoms with E-state index in [1.165, 1.54) is 5.56 Å². The van der Waals surface area contributed by atoms with Gasteiger partial charge in [0.25, 0.3) is 0 Å². The molecule has 0 bridgehead atoms. The minimum Gasteiger partial charge on any atom is -0.385 e. The van der Waals surface area contributed by atoms with E-state index in [-0.39, 0.29) is 17.6 Å². The molecule has 0 spiro atoms. The highest BCUT2D eigenvalue weighted by atomic mass is 32.1. The van der Waals surface area contributed by atoms with E-state index >= 15 is 0 Å². The topological polar surface area (TPSA) is 45.1 Å². The van der Waals surface area contributed by atoms with Crippen LogP contribution in [0.25, 0.3) is 0 Å². The molecule has 2 N–H and O–H groups in total. The number of aromatic nitrogens is 2. The molecule has 2 atom stereocenters. The fourth-order valence-corrected chi connectivity index (χ4v) is 4.38. The highest BCUT2D eigenvalue weighted by Gasteiger charge is 2.40. The van der Waals surface area contributed by atoms with Crippen LogP contribution in [0.1, 0.15) is 50.5 Å². The average molecular weight is 434 g/mol. The van der Waals surface area contributed by atoms with Crippen LogP contribution in [0.5, 0.6) is 0 Å². The predicted molar refractivity (Wildman–Crippen MR) is 131 cm³/mol. The van der Waals surface area contributed by atoms with Crippen molar-refractivity contribution < 1.29 is 0 Å². The first-order chi connectivity index (χ1) is 14.9. The molecule has 31 heavy (non-hydrogen) atoms. The number of nitrogens with one attached hydrogen (secondary N) is 2. The van der Waals surface area contributed by atoms with E-state index < -0.39 is 0 Å². The Labute approximate surface area is 190 Å². The average Bonchev–Trinajstić information content (AvgIpc) is 3.37. The number of rotatable bonds is 7. The molecule has 6 heteroatoms. The lowest BCUT2D eigenvalue weighted by atomic mass is 9.99. The SMILES string of the molecule is CC(C)(C)n1ccc(C2C(c3ccccn3)NC(=S)N2CCCNc2ccccc2)c1. The van der Waals surface area contributed by atoms with Crippen molar-refractivity contribution >= 4 is 23.0 Å². The van der Waals surface area contributed by atoms with Crippen LogP contribution in [0.15, 0.2) is 73.2 Å². The summed E-state index contributed by atoms with van der Waals surface area (Å²) in [6, 6.07) is 18.8. The number of para-hydroxylation sites is 1. The van der Waals surface area contributed by atoms with E-state index in [0.29, 0.717) is 0 Å². The van der Waals surface area contributed by atoms with Gasteiger partial charge in [0.15, 0.2) is 5.11 Å². The number of hydrogen-bond acceptors (Lipinski definition) is 3. The molecule has 0 radical (unpaired) electrons. The second-order valence-corrected chi connectivity index (χ2v) is 9.38. The molecule has 162 valence electrons. The smallest absolute Gasteiger partial charge is 0.170 e. The molecule has 2 aromatic heterocycles. The molecule has 0 saturated carbocycles. The summed E-state index contributed by atoms with van der Waals surface area (Å²) in [4.78, 5) is 6.95. The van der Waals surface area contributed by atoms with Crippen LogP contribution in [0, 0.1) is 0 Å². The second kappa shape index (κ2) is 9.10. The van der Waals surface area contributed by atoms with Gasteiger partial charge in [0.1, 0.15) is 0 Å². The highest BCUT2D eigenvalue weighted by Crippen LogP contribution is 2.39. The Morgan fingerprint density at radius 1 is 1.06 bits per heavy atom. The van der Waals surface area contributed by atoms with Gasteiger partial charge in [-0.05, 0) is 75.3 Å². The van der Waals surface area contributed by atoms with Crippen molar-refractivity contribution in [1.82, 2.24) is 19.8 Å². The van der Waals surface area contributed by atoms with Gasteiger partial charge in [-0.3, -0.25) is 4.98 Å². The summed E-state index contributed by atoms with van der Waals surface area (Å²) in [7, 11) is 0. The molecule has 2 unspecified atom stereocenters. The maximum absolute atomic E-state index is 5.78. The molecule has 0 amide bonds. The molecule has 3 heterocycles. The molecule has 0 aliphatic carbocycles. The van der Waals surface area contributed by atoms with Gasteiger partial charge in [0.05, 0.1) is 17.8 Å². The first-order valence-corrected chi connectivity index (χ1v) is 11.3. The van der Waals surface area contributed by atoms with Gasteiger partial charge in [-0.15, -0.1) is 0 Å². The molecule has 1 saturated heterocycles. The third kappa shape index (κ3) is 4.90. The van der Waals surface area contributed by atoms with E-state index in [0.717, 1.165) is 36.0 Å². The second-order valence-electron chi connectivity index (χ2n) is 8.99. The number of nitrogens with zero attached hydrogens (tertiary/aromatic N) is 3. The molecule has 1 fully saturated rings. The Bertz CT molecular complexity index is 994. The van der Waals surface area contributed by atoms with Crippen LogP contribution in [-0.4, -0.2) is 32.7 Å². The Morgan fingerprint density at radius 3 is 2.52 bits per heavy atom. The van der Waals surface area contributed by atoms with Crippen LogP contribution in [0.2, 0.25) is 0 Å². The van der Waals surface area contributed by atoms with Gasteiger partial charge in [0.2, 0.25) is 0 Å². The summed E-state index contributed by atoms with van der Waals surface area (Å²) < 4.78 is 2.27. The Balaban J connectivity index is 1.53. The van der Waals surface area contributed by atoms with Gasteiger partial charge in [-0.25, -0.2) is 0 Å². The van der Waals surface area contributed by atoms with E-state index in [2.05, 4.69) is 94.6 Å². The minimum absolute atomic E-state index is 0.0339. The summed E-state index contributed by atoms with van der Waals surface area (Å²) in [5, 5.41) is 7.83. The fourth-order valence-electron chi connectivity index (χ4n) is 4.05. The Kier molecular flexibility index (Phi) is 6.28. The number of thiocarbonyl (C=S) groups is 1. The highest BCUT2D eigenvalue weighted by molar-refractivity contribution is 7.80. The quantitative estimate of drug-likeness (QED) is 0.400. The fraction of sp³-hybridized carbons (Fsp3) is 0.360. The monoisotopic (exact) mass is 433 g/mol. The van der Waals surface area contributed by atoms with Crippen LogP contribution in [0.4, 0.5) is 5.69 Å². The molecule has 1 aliphatic rings. The lowest BCUT2D eigenvalue weighted by Crippen LogP contribution is -2.31. The predicted octanol–water partition coefficient (Wildman–Crippen LogP) is 5.11. The molecule has 4 rings (SSSR count). The van der Waals surface area contributed by atoms with Crippen molar-refractivity contribution in [3.63, 3.8) is 0 Å². The molecule has 1 aromatic carbocycles. The first-order valence-electron chi connectivity index (χ1n) is 10.9. The van der Waals surface area contributed by atoms with Crippen molar-refractivity contribution in [3.05, 3.63) is 84.4 Å². The van der Waals surface area contributed by atoms with Gasteiger partial charge >= 0.3 is 0 Å². The van der Waals surface area contributed by atoms with Crippen LogP contribution in [-0.2, 0) is 5.54 Å². The van der Waals surface area contributed by atoms with Crippen molar-refractivity contribution in [2.75, 3.05) is 18.4 Å². The zero-order valence-electron chi connectivity index (χ0n) is 18.5. The molecule has 1 aliphatic heterocycles. The Hall–Kier alpha value is -2.86. The van der Waals surface area contributed by atoms with Gasteiger partial charge in [0, 0.05) is 42.9 Å². The van der Waals surface area contributed by atoms with Crippen molar-refractivity contribution in [2.24, 2.45) is 0 Å². The number of hydrogen-bond donors (Lipinski definition) is 2. The van der Waals surface area contributed by atoms with E-state index in [4.69, 9.17) is 12.2 Å². The van der Waals surface area contributed by atoms with Crippen LogP contribution in [0.3, 0.4) is 0 Å². The zero-order valence-corrected chi connectivity index (χ0v) is 19.3. The van der Waals surface area contributed by atoms with Crippen molar-refractivity contribution in [1.29, 1.82) is 0 Å². The maximum atomic E-state index is 5.78. The lowest BCUT2D eigenvalue weighted by molar-refractivity contribution is 0.314. The van der Waals surface area contributed by atoms with Crippen molar-refractivity contribution in [2.45, 2.75) is 44.8 Å². The van der Waals surface area contributed by atoms with E-state index in [1.54, 1.807) is 0 Å². The largest absolute Gasteiger partial charge is 0.385 e. The van der Waals surface area contributed by atoms with Gasteiger partial charge in [-0.1, -0.05) is 24.3 Å². The summed E-state index contributed by atoms with van der Waals surface area (Å²) >= 11 is 5.78. The Morgan fingerprint density at radius 2 is 1.84 bits per heavy atom. The van der Waals surface area contributed by atoms with Crippen LogP contribution >= 0.6 is 12.2 Å². The number of benzene rings is 1. The molecular formula is C25H31N5S. The summed E-state index contributed by atoms with van der Waals surface area (Å²) in [5.41, 5.74) is 3.46. The van der Waals surface area contributed by atoms with Crippen LogP contribution < -0.4 is 10.6 Å². The molecule has 5 nitrogen and oxygen atoms in total. The third-order valence-electron chi connectivity index (χ3n) is 5.71. The van der Waals surface area contributed by atoms with Gasteiger partial charge < -0.3 is 20.1 Å². The summed E-state index contributed by atoms with van der Waals surface area (Å²) in [6.45, 7) is 8.43. The third-order valence-corrected chi connectivity index (χ3v) is 6.06. The zero-order chi connectivity index (χ0) is 21.8. The number of pyridine rings is 1. The van der Waals surface area contributed by atoms with E-state index in [1.807, 2.05) is 24.4 Å². The maximum Gasteiger partial charge on any atom is 0.170 e. The molecule has 3 aromatic rings. The first kappa shape index (κ1) is 21.4. The lowest BCUT2D eigenvalue weighted by Gasteiger charge is -2.28. The van der Waals surface area contributed by atoms with Crippen molar-refractivity contribution in [3.8, 4) is 0 Å².